The summed E-state index contributed by atoms with van der Waals surface area (Å²) >= 11 is 2.93. The second kappa shape index (κ2) is 4.77. The van der Waals surface area contributed by atoms with Crippen LogP contribution >= 0.6 is 15.9 Å². The number of halogens is 5. The molecule has 0 atom stereocenters. The van der Waals surface area contributed by atoms with Gasteiger partial charge in [-0.3, -0.25) is 4.79 Å². The second-order valence-electron chi connectivity index (χ2n) is 2.62. The first kappa shape index (κ1) is 12.9. The van der Waals surface area contributed by atoms with Crippen molar-refractivity contribution in [1.82, 2.24) is 4.98 Å². The van der Waals surface area contributed by atoms with Crippen LogP contribution in [0.15, 0.2) is 6.07 Å². The van der Waals surface area contributed by atoms with Gasteiger partial charge in [0.1, 0.15) is 5.69 Å². The SMILES string of the molecule is O=Cc1nc(F)c(OC(F)(F)F)cc1CBr. The Hall–Kier alpha value is -1.18. The minimum Gasteiger partial charge on any atom is -0.401 e. The molecule has 16 heavy (non-hydrogen) atoms. The average Bonchev–Trinajstić information content (AvgIpc) is 2.18. The molecule has 0 aliphatic heterocycles. The lowest BCUT2D eigenvalue weighted by Crippen LogP contribution is -2.19. The number of ether oxygens (including phenoxy) is 1. The molecule has 1 aromatic heterocycles. The quantitative estimate of drug-likeness (QED) is 0.373. The number of carbonyl (C=O) groups is 1. The van der Waals surface area contributed by atoms with Crippen molar-refractivity contribution < 1.29 is 27.1 Å². The van der Waals surface area contributed by atoms with Crippen LogP contribution in [0.2, 0.25) is 0 Å². The minimum absolute atomic E-state index is 0.0581. The van der Waals surface area contributed by atoms with E-state index in [-0.39, 0.29) is 22.9 Å². The zero-order chi connectivity index (χ0) is 12.3. The first-order valence-electron chi connectivity index (χ1n) is 3.83. The zero-order valence-corrected chi connectivity index (χ0v) is 9.10. The number of pyridine rings is 1. The van der Waals surface area contributed by atoms with Crippen molar-refractivity contribution in [2.24, 2.45) is 0 Å². The molecule has 0 amide bonds. The number of aldehydes is 1. The predicted molar refractivity (Wildman–Crippen MR) is 48.9 cm³/mol. The summed E-state index contributed by atoms with van der Waals surface area (Å²) in [5.41, 5.74) is -0.167. The van der Waals surface area contributed by atoms with Crippen LogP contribution in [-0.4, -0.2) is 17.6 Å². The molecule has 0 radical (unpaired) electrons. The molecule has 1 heterocycles. The van der Waals surface area contributed by atoms with Crippen LogP contribution in [0.3, 0.4) is 0 Å². The molecular weight excluding hydrogens is 298 g/mol. The van der Waals surface area contributed by atoms with E-state index in [2.05, 4.69) is 25.7 Å². The molecule has 3 nitrogen and oxygen atoms in total. The molecule has 0 aromatic carbocycles. The summed E-state index contributed by atoms with van der Waals surface area (Å²) in [6, 6.07) is 0.772. The number of hydrogen-bond donors (Lipinski definition) is 0. The molecule has 88 valence electrons. The van der Waals surface area contributed by atoms with Crippen LogP contribution in [0.4, 0.5) is 17.6 Å². The van der Waals surface area contributed by atoms with Gasteiger partial charge in [-0.05, 0) is 11.6 Å². The highest BCUT2D eigenvalue weighted by molar-refractivity contribution is 9.08. The molecule has 0 fully saturated rings. The molecule has 8 heteroatoms. The number of alkyl halides is 4. The van der Waals surface area contributed by atoms with Gasteiger partial charge in [-0.2, -0.15) is 4.39 Å². The first-order chi connectivity index (χ1) is 7.37. The molecule has 1 rings (SSSR count). The number of aromatic nitrogens is 1. The lowest BCUT2D eigenvalue weighted by atomic mass is 10.2. The largest absolute Gasteiger partial charge is 0.573 e. The Balaban J connectivity index is 3.16. The zero-order valence-electron chi connectivity index (χ0n) is 7.52. The predicted octanol–water partition coefficient (Wildman–Crippen LogP) is 2.83. The lowest BCUT2D eigenvalue weighted by Gasteiger charge is -2.10. The van der Waals surface area contributed by atoms with Gasteiger partial charge in [-0.25, -0.2) is 4.98 Å². The van der Waals surface area contributed by atoms with E-state index in [9.17, 15) is 22.4 Å². The molecule has 0 spiro atoms. The summed E-state index contributed by atoms with van der Waals surface area (Å²) in [6.45, 7) is 0. The van der Waals surface area contributed by atoms with Crippen LogP contribution in [-0.2, 0) is 5.33 Å². The highest BCUT2D eigenvalue weighted by Crippen LogP contribution is 2.27. The smallest absolute Gasteiger partial charge is 0.401 e. The van der Waals surface area contributed by atoms with Gasteiger partial charge >= 0.3 is 6.36 Å². The summed E-state index contributed by atoms with van der Waals surface area (Å²) in [6.07, 6.45) is -4.76. The molecule has 1 aromatic rings. The fourth-order valence-corrected chi connectivity index (χ4v) is 1.38. The molecule has 0 N–H and O–H groups in total. The van der Waals surface area contributed by atoms with Gasteiger partial charge in [-0.15, -0.1) is 13.2 Å². The van der Waals surface area contributed by atoms with E-state index in [0.29, 0.717) is 0 Å². The number of nitrogens with zero attached hydrogens (tertiary/aromatic N) is 1. The van der Waals surface area contributed by atoms with Crippen molar-refractivity contribution in [3.05, 3.63) is 23.3 Å². The summed E-state index contributed by atoms with van der Waals surface area (Å²) < 4.78 is 51.9. The van der Waals surface area contributed by atoms with Crippen molar-refractivity contribution in [2.45, 2.75) is 11.7 Å². The molecule has 0 aliphatic rings. The number of rotatable bonds is 3. The van der Waals surface area contributed by atoms with Crippen LogP contribution in [0, 0.1) is 5.95 Å². The summed E-state index contributed by atoms with van der Waals surface area (Å²) in [7, 11) is 0. The summed E-state index contributed by atoms with van der Waals surface area (Å²) in [5, 5.41) is 0.0581. The Kier molecular flexibility index (Phi) is 3.84. The molecular formula is C8H4BrF4NO2. The molecule has 0 aliphatic carbocycles. The average molecular weight is 302 g/mol. The second-order valence-corrected chi connectivity index (χ2v) is 3.18. The topological polar surface area (TPSA) is 39.2 Å². The molecule has 0 saturated heterocycles. The van der Waals surface area contributed by atoms with Crippen LogP contribution in [0.25, 0.3) is 0 Å². The molecule has 0 unspecified atom stereocenters. The monoisotopic (exact) mass is 301 g/mol. The van der Waals surface area contributed by atoms with E-state index < -0.39 is 18.1 Å². The van der Waals surface area contributed by atoms with Gasteiger partial charge in [0.15, 0.2) is 12.0 Å². The van der Waals surface area contributed by atoms with Gasteiger partial charge in [-0.1, -0.05) is 15.9 Å². The van der Waals surface area contributed by atoms with Crippen molar-refractivity contribution in [2.75, 3.05) is 0 Å². The third-order valence-corrected chi connectivity index (χ3v) is 2.14. The Morgan fingerprint density at radius 1 is 1.50 bits per heavy atom. The van der Waals surface area contributed by atoms with Gasteiger partial charge in [0, 0.05) is 5.33 Å². The fourth-order valence-electron chi connectivity index (χ4n) is 0.930. The molecule has 0 saturated carbocycles. The normalized spacial score (nSPS) is 11.3. The van der Waals surface area contributed by atoms with Crippen LogP contribution in [0.5, 0.6) is 5.75 Å². The van der Waals surface area contributed by atoms with Gasteiger partial charge in [0.2, 0.25) is 0 Å². The highest BCUT2D eigenvalue weighted by atomic mass is 79.9. The van der Waals surface area contributed by atoms with E-state index >= 15 is 0 Å². The van der Waals surface area contributed by atoms with E-state index in [1.165, 1.54) is 0 Å². The minimum atomic E-state index is -5.01. The Labute approximate surface area is 95.6 Å². The fraction of sp³-hybridized carbons (Fsp3) is 0.250. The maximum absolute atomic E-state index is 13.0. The summed E-state index contributed by atoms with van der Waals surface area (Å²) in [5.74, 6) is -2.54. The Morgan fingerprint density at radius 2 is 2.12 bits per heavy atom. The third kappa shape index (κ3) is 3.16. The third-order valence-electron chi connectivity index (χ3n) is 1.54. The van der Waals surface area contributed by atoms with E-state index in [4.69, 9.17) is 0 Å². The van der Waals surface area contributed by atoms with Crippen molar-refractivity contribution in [3.63, 3.8) is 0 Å². The molecule has 0 bridgehead atoms. The number of carbonyl (C=O) groups excluding carboxylic acids is 1. The maximum atomic E-state index is 13.0. The number of hydrogen-bond acceptors (Lipinski definition) is 3. The Morgan fingerprint density at radius 3 is 2.56 bits per heavy atom. The van der Waals surface area contributed by atoms with Crippen molar-refractivity contribution >= 4 is 22.2 Å². The van der Waals surface area contributed by atoms with Crippen molar-refractivity contribution in [1.29, 1.82) is 0 Å². The lowest BCUT2D eigenvalue weighted by molar-refractivity contribution is -0.275. The van der Waals surface area contributed by atoms with Crippen molar-refractivity contribution in [3.8, 4) is 5.75 Å². The standard InChI is InChI=1S/C8H4BrF4NO2/c9-2-4-1-6(16-8(11,12)13)7(10)14-5(4)3-15/h1,3H,2H2. The van der Waals surface area contributed by atoms with E-state index in [0.717, 1.165) is 6.07 Å². The van der Waals surface area contributed by atoms with Crippen LogP contribution in [0.1, 0.15) is 16.1 Å². The first-order valence-corrected chi connectivity index (χ1v) is 4.96. The van der Waals surface area contributed by atoms with Gasteiger partial charge < -0.3 is 4.74 Å². The maximum Gasteiger partial charge on any atom is 0.573 e. The van der Waals surface area contributed by atoms with Crippen LogP contribution < -0.4 is 4.74 Å². The van der Waals surface area contributed by atoms with E-state index in [1.807, 2.05) is 0 Å². The summed E-state index contributed by atoms with van der Waals surface area (Å²) in [4.78, 5) is 13.5. The Bertz CT molecular complexity index is 408. The highest BCUT2D eigenvalue weighted by Gasteiger charge is 2.33. The van der Waals surface area contributed by atoms with Gasteiger partial charge in [0.05, 0.1) is 0 Å². The van der Waals surface area contributed by atoms with E-state index in [1.54, 1.807) is 0 Å². The van der Waals surface area contributed by atoms with Gasteiger partial charge in [0.25, 0.3) is 5.95 Å².